The van der Waals surface area contributed by atoms with Gasteiger partial charge in [-0.3, -0.25) is 9.52 Å². The van der Waals surface area contributed by atoms with Crippen LogP contribution in [-0.2, 0) is 14.8 Å². The maximum Gasteiger partial charge on any atom is 0.265 e. The van der Waals surface area contributed by atoms with Crippen LogP contribution < -0.4 is 24.2 Å². The molecule has 1 unspecified atom stereocenters. The van der Waals surface area contributed by atoms with Gasteiger partial charge in [0.25, 0.3) is 15.9 Å². The second-order valence-electron chi connectivity index (χ2n) is 7.04. The minimum absolute atomic E-state index is 0.0674. The molecule has 0 aliphatic carbocycles. The van der Waals surface area contributed by atoms with E-state index in [0.29, 0.717) is 35.0 Å². The van der Waals surface area contributed by atoms with E-state index in [4.69, 9.17) is 14.2 Å². The van der Waals surface area contributed by atoms with E-state index in [1.54, 1.807) is 55.6 Å². The van der Waals surface area contributed by atoms with Crippen molar-refractivity contribution in [3.05, 3.63) is 72.8 Å². The van der Waals surface area contributed by atoms with Gasteiger partial charge in [0.1, 0.15) is 17.2 Å². The number of ether oxygens (including phenoxy) is 3. The summed E-state index contributed by atoms with van der Waals surface area (Å²) in [4.78, 5) is 12.7. The van der Waals surface area contributed by atoms with Crippen LogP contribution in [0.15, 0.2) is 77.7 Å². The van der Waals surface area contributed by atoms with Crippen molar-refractivity contribution in [2.45, 2.75) is 24.3 Å². The monoisotopic (exact) mass is 470 g/mol. The molecule has 0 saturated heterocycles. The molecule has 0 aromatic heterocycles. The highest BCUT2D eigenvalue weighted by Gasteiger charge is 2.19. The Balaban J connectivity index is 1.63. The van der Waals surface area contributed by atoms with Crippen molar-refractivity contribution in [1.29, 1.82) is 0 Å². The minimum atomic E-state index is -3.78. The molecule has 174 valence electrons. The second kappa shape index (κ2) is 10.7. The normalized spacial score (nSPS) is 11.8. The number of nitrogens with one attached hydrogen (secondary N) is 2. The summed E-state index contributed by atoms with van der Waals surface area (Å²) < 4.78 is 43.7. The molecule has 3 rings (SSSR count). The van der Waals surface area contributed by atoms with Crippen LogP contribution in [0.2, 0.25) is 0 Å². The smallest absolute Gasteiger partial charge is 0.265 e. The van der Waals surface area contributed by atoms with Crippen LogP contribution in [0.4, 0.5) is 11.4 Å². The Morgan fingerprint density at radius 3 is 1.79 bits per heavy atom. The summed E-state index contributed by atoms with van der Waals surface area (Å²) in [5.74, 6) is 1.53. The molecular weight excluding hydrogens is 444 g/mol. The van der Waals surface area contributed by atoms with Gasteiger partial charge >= 0.3 is 0 Å². The lowest BCUT2D eigenvalue weighted by atomic mass is 10.2. The minimum Gasteiger partial charge on any atom is -0.497 e. The maximum absolute atomic E-state index is 12.6. The molecule has 9 heteroatoms. The molecular formula is C24H26N2O6S. The maximum atomic E-state index is 12.6. The number of amides is 1. The standard InChI is InChI=1S/C24H26N2O6S/c1-4-23(32-21-13-11-20(31-3)12-14-21)24(27)25-17-7-15-22(16-8-17)33(28,29)26-18-5-9-19(30-2)10-6-18/h5-16,23,26H,4H2,1-3H3,(H,25,27). The molecule has 3 aromatic carbocycles. The summed E-state index contributed by atoms with van der Waals surface area (Å²) >= 11 is 0. The highest BCUT2D eigenvalue weighted by Crippen LogP contribution is 2.22. The largest absolute Gasteiger partial charge is 0.497 e. The molecule has 1 amide bonds. The number of rotatable bonds is 10. The van der Waals surface area contributed by atoms with Gasteiger partial charge in [0.2, 0.25) is 0 Å². The second-order valence-corrected chi connectivity index (χ2v) is 8.72. The number of benzene rings is 3. The van der Waals surface area contributed by atoms with E-state index in [0.717, 1.165) is 0 Å². The molecule has 0 spiro atoms. The van der Waals surface area contributed by atoms with Gasteiger partial charge in [-0.25, -0.2) is 8.42 Å². The first-order chi connectivity index (χ1) is 15.8. The van der Waals surface area contributed by atoms with Crippen molar-refractivity contribution >= 4 is 27.3 Å². The van der Waals surface area contributed by atoms with E-state index >= 15 is 0 Å². The zero-order valence-corrected chi connectivity index (χ0v) is 19.4. The quantitative estimate of drug-likeness (QED) is 0.458. The van der Waals surface area contributed by atoms with Crippen molar-refractivity contribution in [2.24, 2.45) is 0 Å². The molecule has 0 fully saturated rings. The fourth-order valence-corrected chi connectivity index (χ4v) is 4.01. The van der Waals surface area contributed by atoms with Gasteiger partial charge in [-0.2, -0.15) is 0 Å². The Hall–Kier alpha value is -3.72. The zero-order chi connectivity index (χ0) is 23.8. The highest BCUT2D eigenvalue weighted by molar-refractivity contribution is 7.92. The first-order valence-electron chi connectivity index (χ1n) is 10.2. The van der Waals surface area contributed by atoms with Gasteiger partial charge in [-0.15, -0.1) is 0 Å². The fourth-order valence-electron chi connectivity index (χ4n) is 2.95. The Kier molecular flexibility index (Phi) is 7.78. The number of carbonyl (C=O) groups is 1. The summed E-state index contributed by atoms with van der Waals surface area (Å²) in [5.41, 5.74) is 0.870. The third-order valence-electron chi connectivity index (χ3n) is 4.78. The fraction of sp³-hybridized carbons (Fsp3) is 0.208. The Morgan fingerprint density at radius 1 is 0.788 bits per heavy atom. The predicted molar refractivity (Wildman–Crippen MR) is 127 cm³/mol. The summed E-state index contributed by atoms with van der Waals surface area (Å²) in [6.45, 7) is 1.84. The summed E-state index contributed by atoms with van der Waals surface area (Å²) in [7, 11) is -0.676. The summed E-state index contributed by atoms with van der Waals surface area (Å²) in [6.07, 6.45) is -0.255. The number of hydrogen-bond donors (Lipinski definition) is 2. The molecule has 2 N–H and O–H groups in total. The SMILES string of the molecule is CCC(Oc1ccc(OC)cc1)C(=O)Nc1ccc(S(=O)(=O)Nc2ccc(OC)cc2)cc1. The number of anilines is 2. The molecule has 0 aliphatic rings. The van der Waals surface area contributed by atoms with E-state index in [1.807, 2.05) is 6.92 Å². The van der Waals surface area contributed by atoms with Crippen LogP contribution in [0.5, 0.6) is 17.2 Å². The number of sulfonamides is 1. The molecule has 0 saturated carbocycles. The summed E-state index contributed by atoms with van der Waals surface area (Å²) in [5, 5.41) is 2.76. The molecule has 0 heterocycles. The lowest BCUT2D eigenvalue weighted by Gasteiger charge is -2.17. The van der Waals surface area contributed by atoms with Gasteiger partial charge in [-0.1, -0.05) is 6.92 Å². The number of carbonyl (C=O) groups excluding carboxylic acids is 1. The average Bonchev–Trinajstić information content (AvgIpc) is 2.83. The van der Waals surface area contributed by atoms with E-state index < -0.39 is 16.1 Å². The third-order valence-corrected chi connectivity index (χ3v) is 6.17. The zero-order valence-electron chi connectivity index (χ0n) is 18.6. The Labute approximate surface area is 193 Å². The Bertz CT molecular complexity index is 1160. The van der Waals surface area contributed by atoms with Crippen LogP contribution in [0.25, 0.3) is 0 Å². The highest BCUT2D eigenvalue weighted by atomic mass is 32.2. The third kappa shape index (κ3) is 6.39. The van der Waals surface area contributed by atoms with Gasteiger partial charge in [0.05, 0.1) is 19.1 Å². The first kappa shape index (κ1) is 23.9. The number of methoxy groups -OCH3 is 2. The topological polar surface area (TPSA) is 103 Å². The molecule has 0 bridgehead atoms. The van der Waals surface area contributed by atoms with Crippen molar-refractivity contribution in [2.75, 3.05) is 24.3 Å². The van der Waals surface area contributed by atoms with Crippen LogP contribution >= 0.6 is 0 Å². The first-order valence-corrected chi connectivity index (χ1v) is 11.7. The summed E-state index contributed by atoms with van der Waals surface area (Å²) in [6, 6.07) is 19.4. The van der Waals surface area contributed by atoms with Gasteiger partial charge < -0.3 is 19.5 Å². The van der Waals surface area contributed by atoms with E-state index in [-0.39, 0.29) is 10.8 Å². The molecule has 1 atom stereocenters. The Morgan fingerprint density at radius 2 is 1.27 bits per heavy atom. The van der Waals surface area contributed by atoms with Crippen LogP contribution in [0.1, 0.15) is 13.3 Å². The van der Waals surface area contributed by atoms with Crippen molar-refractivity contribution < 1.29 is 27.4 Å². The van der Waals surface area contributed by atoms with Crippen LogP contribution in [0.3, 0.4) is 0 Å². The van der Waals surface area contributed by atoms with E-state index in [2.05, 4.69) is 10.0 Å². The van der Waals surface area contributed by atoms with Crippen molar-refractivity contribution in [3.63, 3.8) is 0 Å². The molecule has 3 aromatic rings. The average molecular weight is 471 g/mol. The van der Waals surface area contributed by atoms with Gasteiger partial charge in [-0.05, 0) is 79.2 Å². The predicted octanol–water partition coefficient (Wildman–Crippen LogP) is 4.30. The lowest BCUT2D eigenvalue weighted by Crippen LogP contribution is -2.32. The van der Waals surface area contributed by atoms with Crippen molar-refractivity contribution in [3.8, 4) is 17.2 Å². The van der Waals surface area contributed by atoms with Gasteiger partial charge in [0.15, 0.2) is 6.10 Å². The lowest BCUT2D eigenvalue weighted by molar-refractivity contribution is -0.122. The molecule has 8 nitrogen and oxygen atoms in total. The van der Waals surface area contributed by atoms with E-state index in [1.165, 1.54) is 31.4 Å². The number of hydrogen-bond acceptors (Lipinski definition) is 6. The molecule has 0 radical (unpaired) electrons. The molecule has 0 aliphatic heterocycles. The van der Waals surface area contributed by atoms with Crippen molar-refractivity contribution in [1.82, 2.24) is 0 Å². The molecule has 33 heavy (non-hydrogen) atoms. The van der Waals surface area contributed by atoms with E-state index in [9.17, 15) is 13.2 Å². The van der Waals surface area contributed by atoms with Crippen LogP contribution in [0, 0.1) is 0 Å². The van der Waals surface area contributed by atoms with Crippen LogP contribution in [-0.4, -0.2) is 34.6 Å². The van der Waals surface area contributed by atoms with Gasteiger partial charge in [0, 0.05) is 11.4 Å².